The summed E-state index contributed by atoms with van der Waals surface area (Å²) in [6.07, 6.45) is 1.11. The van der Waals surface area contributed by atoms with Crippen molar-refractivity contribution in [3.05, 3.63) is 0 Å². The summed E-state index contributed by atoms with van der Waals surface area (Å²) in [5.74, 6) is 0.470. The summed E-state index contributed by atoms with van der Waals surface area (Å²) in [5.41, 5.74) is -0.302. The van der Waals surface area contributed by atoms with Crippen LogP contribution in [0, 0.1) is 17.2 Å². The van der Waals surface area contributed by atoms with Crippen molar-refractivity contribution in [3.63, 3.8) is 0 Å². The molecule has 1 aliphatic rings. The van der Waals surface area contributed by atoms with E-state index < -0.39 is 0 Å². The van der Waals surface area contributed by atoms with E-state index in [4.69, 9.17) is 5.26 Å². The van der Waals surface area contributed by atoms with Gasteiger partial charge < -0.3 is 5.32 Å². The lowest BCUT2D eigenvalue weighted by Crippen LogP contribution is -2.47. The first-order valence-electron chi connectivity index (χ1n) is 4.40. The number of nitriles is 1. The second-order valence-electron chi connectivity index (χ2n) is 3.84. The van der Waals surface area contributed by atoms with Crippen LogP contribution in [0.25, 0.3) is 0 Å². The molecule has 0 aromatic carbocycles. The fraction of sp³-hybridized carbons (Fsp3) is 0.889. The van der Waals surface area contributed by atoms with Crippen LogP contribution >= 0.6 is 0 Å². The molecule has 0 radical (unpaired) electrons. The summed E-state index contributed by atoms with van der Waals surface area (Å²) in [6.45, 7) is 4.04. The average Bonchev–Trinajstić information content (AvgIpc) is 2.54. The van der Waals surface area contributed by atoms with E-state index >= 15 is 0 Å². The Kier molecular flexibility index (Phi) is 2.71. The molecule has 0 aromatic rings. The van der Waals surface area contributed by atoms with Crippen molar-refractivity contribution in [3.8, 4) is 6.07 Å². The molecule has 1 rings (SSSR count). The fourth-order valence-corrected chi connectivity index (χ4v) is 1.69. The van der Waals surface area contributed by atoms with Crippen LogP contribution in [0.2, 0.25) is 0 Å². The second-order valence-corrected chi connectivity index (χ2v) is 3.84. The lowest BCUT2D eigenvalue weighted by atomic mass is 9.85. The van der Waals surface area contributed by atoms with E-state index in [9.17, 15) is 0 Å². The summed E-state index contributed by atoms with van der Waals surface area (Å²) < 4.78 is 0. The van der Waals surface area contributed by atoms with Gasteiger partial charge in [0.15, 0.2) is 0 Å². The largest absolute Gasteiger partial charge is 0.316 e. The molecular weight excluding hydrogens is 150 g/mol. The third-order valence-electron chi connectivity index (χ3n) is 3.01. The molecule has 0 saturated carbocycles. The fourth-order valence-electron chi connectivity index (χ4n) is 1.69. The Morgan fingerprint density at radius 3 is 2.58 bits per heavy atom. The van der Waals surface area contributed by atoms with E-state index in [0.717, 1.165) is 19.5 Å². The van der Waals surface area contributed by atoms with Crippen LogP contribution in [-0.2, 0) is 0 Å². The smallest absolute Gasteiger partial charge is 0.110 e. The van der Waals surface area contributed by atoms with Gasteiger partial charge in [0.1, 0.15) is 5.54 Å². The second kappa shape index (κ2) is 3.42. The van der Waals surface area contributed by atoms with Gasteiger partial charge in [-0.2, -0.15) is 5.26 Å². The molecule has 1 saturated heterocycles. The van der Waals surface area contributed by atoms with Crippen LogP contribution in [0.4, 0.5) is 0 Å². The van der Waals surface area contributed by atoms with Crippen molar-refractivity contribution in [2.24, 2.45) is 5.92 Å². The Morgan fingerprint density at radius 1 is 1.58 bits per heavy atom. The zero-order chi connectivity index (χ0) is 9.19. The first kappa shape index (κ1) is 9.50. The molecule has 0 aromatic heterocycles. The van der Waals surface area contributed by atoms with E-state index in [2.05, 4.69) is 11.4 Å². The zero-order valence-corrected chi connectivity index (χ0v) is 8.09. The molecule has 2 atom stereocenters. The quantitative estimate of drug-likeness (QED) is 0.648. The van der Waals surface area contributed by atoms with Gasteiger partial charge in [0, 0.05) is 12.5 Å². The molecular formula is C9H17N3. The van der Waals surface area contributed by atoms with E-state index in [1.807, 2.05) is 25.9 Å². The number of hydrogen-bond acceptors (Lipinski definition) is 3. The summed E-state index contributed by atoms with van der Waals surface area (Å²) in [5, 5.41) is 12.4. The lowest BCUT2D eigenvalue weighted by molar-refractivity contribution is 0.165. The Bertz CT molecular complexity index is 188. The first-order valence-corrected chi connectivity index (χ1v) is 4.40. The van der Waals surface area contributed by atoms with Crippen LogP contribution < -0.4 is 5.32 Å². The Hall–Kier alpha value is -0.590. The number of rotatable bonds is 2. The maximum Gasteiger partial charge on any atom is 0.110 e. The van der Waals surface area contributed by atoms with Gasteiger partial charge >= 0.3 is 0 Å². The molecule has 3 nitrogen and oxygen atoms in total. The van der Waals surface area contributed by atoms with Crippen molar-refractivity contribution >= 4 is 0 Å². The topological polar surface area (TPSA) is 39.1 Å². The minimum absolute atomic E-state index is 0.302. The Balaban J connectivity index is 2.73. The van der Waals surface area contributed by atoms with Gasteiger partial charge in [0.25, 0.3) is 0 Å². The minimum Gasteiger partial charge on any atom is -0.316 e. The molecule has 3 heteroatoms. The maximum absolute atomic E-state index is 9.10. The van der Waals surface area contributed by atoms with Crippen molar-refractivity contribution in [2.75, 3.05) is 27.2 Å². The molecule has 0 bridgehead atoms. The molecule has 1 heterocycles. The Labute approximate surface area is 74.4 Å². The molecule has 1 fully saturated rings. The van der Waals surface area contributed by atoms with E-state index in [1.54, 1.807) is 0 Å². The third-order valence-corrected chi connectivity index (χ3v) is 3.01. The van der Waals surface area contributed by atoms with Gasteiger partial charge in [0.2, 0.25) is 0 Å². The number of nitrogens with zero attached hydrogens (tertiary/aromatic N) is 2. The maximum atomic E-state index is 9.10. The van der Waals surface area contributed by atoms with Crippen molar-refractivity contribution in [2.45, 2.75) is 18.9 Å². The number of hydrogen-bond donors (Lipinski definition) is 1. The molecule has 0 spiro atoms. The monoisotopic (exact) mass is 167 g/mol. The highest BCUT2D eigenvalue weighted by Gasteiger charge is 2.37. The molecule has 0 aliphatic carbocycles. The van der Waals surface area contributed by atoms with Crippen molar-refractivity contribution in [1.29, 1.82) is 5.26 Å². The predicted octanol–water partition coefficient (Wildman–Crippen LogP) is 0.440. The van der Waals surface area contributed by atoms with Crippen molar-refractivity contribution in [1.82, 2.24) is 10.2 Å². The normalized spacial score (nSPS) is 28.4. The standard InChI is InChI=1S/C9H17N3/c1-9(7-10,12(2)3)8-4-5-11-6-8/h8,11H,4-6H2,1-3H3. The Morgan fingerprint density at radius 2 is 2.25 bits per heavy atom. The van der Waals surface area contributed by atoms with Crippen LogP contribution in [0.5, 0.6) is 0 Å². The van der Waals surface area contributed by atoms with Gasteiger partial charge in [-0.05, 0) is 34.0 Å². The zero-order valence-electron chi connectivity index (χ0n) is 8.09. The molecule has 2 unspecified atom stereocenters. The van der Waals surface area contributed by atoms with Gasteiger partial charge in [-0.3, -0.25) is 4.90 Å². The minimum atomic E-state index is -0.302. The molecule has 12 heavy (non-hydrogen) atoms. The molecule has 0 amide bonds. The van der Waals surface area contributed by atoms with Crippen LogP contribution in [0.15, 0.2) is 0 Å². The molecule has 1 aliphatic heterocycles. The van der Waals surface area contributed by atoms with Crippen LogP contribution in [0.3, 0.4) is 0 Å². The first-order chi connectivity index (χ1) is 5.61. The summed E-state index contributed by atoms with van der Waals surface area (Å²) in [4.78, 5) is 2.02. The highest BCUT2D eigenvalue weighted by atomic mass is 15.2. The SMILES string of the molecule is CN(C)C(C)(C#N)C1CCNC1. The lowest BCUT2D eigenvalue weighted by Gasteiger charge is -2.34. The molecule has 68 valence electrons. The van der Waals surface area contributed by atoms with Gasteiger partial charge in [-0.25, -0.2) is 0 Å². The van der Waals surface area contributed by atoms with E-state index in [-0.39, 0.29) is 5.54 Å². The van der Waals surface area contributed by atoms with Gasteiger partial charge in [-0.15, -0.1) is 0 Å². The highest BCUT2D eigenvalue weighted by molar-refractivity contribution is 5.09. The summed E-state index contributed by atoms with van der Waals surface area (Å²) in [7, 11) is 3.95. The molecule has 1 N–H and O–H groups in total. The van der Waals surface area contributed by atoms with Gasteiger partial charge in [0.05, 0.1) is 6.07 Å². The van der Waals surface area contributed by atoms with Gasteiger partial charge in [-0.1, -0.05) is 0 Å². The van der Waals surface area contributed by atoms with E-state index in [1.165, 1.54) is 0 Å². The van der Waals surface area contributed by atoms with Crippen LogP contribution in [-0.4, -0.2) is 37.6 Å². The summed E-state index contributed by atoms with van der Waals surface area (Å²) in [6, 6.07) is 2.41. The average molecular weight is 167 g/mol. The highest BCUT2D eigenvalue weighted by Crippen LogP contribution is 2.26. The van der Waals surface area contributed by atoms with E-state index in [0.29, 0.717) is 5.92 Å². The third kappa shape index (κ3) is 1.45. The summed E-state index contributed by atoms with van der Waals surface area (Å²) >= 11 is 0. The predicted molar refractivity (Wildman–Crippen MR) is 48.7 cm³/mol. The van der Waals surface area contributed by atoms with Crippen molar-refractivity contribution < 1.29 is 0 Å². The number of nitrogens with one attached hydrogen (secondary N) is 1. The van der Waals surface area contributed by atoms with Crippen LogP contribution in [0.1, 0.15) is 13.3 Å².